The van der Waals surface area contributed by atoms with Crippen LogP contribution in [0.1, 0.15) is 34.7 Å². The first-order valence-corrected chi connectivity index (χ1v) is 6.75. The number of imidazole rings is 1. The molecule has 0 aliphatic carbocycles. The molecule has 2 N–H and O–H groups in total. The van der Waals surface area contributed by atoms with E-state index in [-0.39, 0.29) is 4.47 Å². The molecule has 2 aromatic rings. The van der Waals surface area contributed by atoms with Crippen molar-refractivity contribution >= 4 is 21.8 Å². The number of amides is 1. The smallest absolute Gasteiger partial charge is 0.347 e. The highest BCUT2D eigenvalue weighted by atomic mass is 79.9. The fourth-order valence-corrected chi connectivity index (χ4v) is 2.17. The van der Waals surface area contributed by atoms with E-state index in [9.17, 15) is 18.0 Å². The van der Waals surface area contributed by atoms with E-state index >= 15 is 0 Å². The van der Waals surface area contributed by atoms with E-state index in [2.05, 4.69) is 31.2 Å². The number of alkyl halides is 3. The van der Waals surface area contributed by atoms with Crippen LogP contribution in [0.15, 0.2) is 35.1 Å². The molecule has 8 heteroatoms. The minimum absolute atomic E-state index is 0.255. The molecule has 0 aliphatic heterocycles. The molecule has 21 heavy (non-hydrogen) atoms. The summed E-state index contributed by atoms with van der Waals surface area (Å²) < 4.78 is 39.2. The zero-order chi connectivity index (χ0) is 15.6. The van der Waals surface area contributed by atoms with E-state index in [1.54, 1.807) is 13.1 Å². The summed E-state index contributed by atoms with van der Waals surface area (Å²) in [6, 6.07) is 2.88. The van der Waals surface area contributed by atoms with Crippen molar-refractivity contribution in [3.8, 4) is 0 Å². The summed E-state index contributed by atoms with van der Waals surface area (Å²) in [4.78, 5) is 18.8. The number of H-pyrrole nitrogens is 1. The van der Waals surface area contributed by atoms with Crippen molar-refractivity contribution in [2.24, 2.45) is 0 Å². The number of halogens is 4. The second kappa shape index (κ2) is 5.88. The zero-order valence-corrected chi connectivity index (χ0v) is 12.4. The Labute approximate surface area is 126 Å². The summed E-state index contributed by atoms with van der Waals surface area (Å²) in [7, 11) is 0. The lowest BCUT2D eigenvalue weighted by Gasteiger charge is -2.16. The minimum Gasteiger partial charge on any atom is -0.347 e. The van der Waals surface area contributed by atoms with Crippen molar-refractivity contribution in [3.63, 3.8) is 0 Å². The van der Waals surface area contributed by atoms with Crippen LogP contribution < -0.4 is 5.32 Å². The van der Waals surface area contributed by atoms with Crippen LogP contribution in [-0.4, -0.2) is 15.9 Å². The van der Waals surface area contributed by atoms with Gasteiger partial charge in [0.15, 0.2) is 0 Å². The van der Waals surface area contributed by atoms with Crippen LogP contribution in [0.4, 0.5) is 13.2 Å². The van der Waals surface area contributed by atoms with Gasteiger partial charge in [0.05, 0.1) is 17.2 Å². The minimum atomic E-state index is -4.61. The van der Waals surface area contributed by atoms with Crippen molar-refractivity contribution in [1.82, 2.24) is 15.3 Å². The van der Waals surface area contributed by atoms with Gasteiger partial charge in [-0.15, -0.1) is 0 Å². The van der Waals surface area contributed by atoms with Gasteiger partial charge in [-0.05, 0) is 25.1 Å². The molecule has 0 radical (unpaired) electrons. The van der Waals surface area contributed by atoms with Gasteiger partial charge in [-0.1, -0.05) is 15.9 Å². The van der Waals surface area contributed by atoms with Crippen molar-refractivity contribution in [3.05, 3.63) is 52.0 Å². The molecule has 0 fully saturated rings. The summed E-state index contributed by atoms with van der Waals surface area (Å²) >= 11 is 2.97. The van der Waals surface area contributed by atoms with E-state index in [4.69, 9.17) is 0 Å². The largest absolute Gasteiger partial charge is 0.417 e. The maximum Gasteiger partial charge on any atom is 0.417 e. The van der Waals surface area contributed by atoms with E-state index in [0.29, 0.717) is 5.82 Å². The third-order valence-corrected chi connectivity index (χ3v) is 3.30. The first-order chi connectivity index (χ1) is 9.79. The first-order valence-electron chi connectivity index (χ1n) is 5.96. The quantitative estimate of drug-likeness (QED) is 0.875. The lowest BCUT2D eigenvalue weighted by Crippen LogP contribution is -2.29. The Bertz CT molecular complexity index is 641. The second-order valence-corrected chi connectivity index (χ2v) is 5.27. The van der Waals surface area contributed by atoms with Crippen LogP contribution in [0.5, 0.6) is 0 Å². The van der Waals surface area contributed by atoms with Crippen LogP contribution in [-0.2, 0) is 6.18 Å². The van der Waals surface area contributed by atoms with E-state index in [0.717, 1.165) is 12.1 Å². The van der Waals surface area contributed by atoms with Crippen LogP contribution in [0.3, 0.4) is 0 Å². The average Bonchev–Trinajstić information content (AvgIpc) is 2.91. The third-order valence-electron chi connectivity index (χ3n) is 2.81. The molecule has 1 amide bonds. The molecule has 1 heterocycles. The topological polar surface area (TPSA) is 57.8 Å². The van der Waals surface area contributed by atoms with Crippen LogP contribution in [0.25, 0.3) is 0 Å². The molecule has 0 spiro atoms. The van der Waals surface area contributed by atoms with E-state index in [1.165, 1.54) is 12.3 Å². The summed E-state index contributed by atoms with van der Waals surface area (Å²) in [6.45, 7) is 1.63. The number of carbonyl (C=O) groups excluding carboxylic acids is 1. The number of benzene rings is 1. The molecule has 112 valence electrons. The van der Waals surface area contributed by atoms with Crippen LogP contribution >= 0.6 is 15.9 Å². The van der Waals surface area contributed by atoms with E-state index < -0.39 is 29.3 Å². The number of aromatic amines is 1. The fraction of sp³-hybridized carbons (Fsp3) is 0.231. The highest BCUT2D eigenvalue weighted by Gasteiger charge is 2.35. The molecule has 1 atom stereocenters. The summed E-state index contributed by atoms with van der Waals surface area (Å²) in [5.41, 5.74) is -1.41. The Morgan fingerprint density at radius 2 is 2.14 bits per heavy atom. The van der Waals surface area contributed by atoms with Gasteiger partial charge in [0.2, 0.25) is 0 Å². The maximum atomic E-state index is 13.0. The standard InChI is InChI=1S/C13H11BrF3N3O/c1-7(11-18-4-5-19-11)20-12(21)9-3-2-8(14)6-10(9)13(15,16)17/h2-7H,1H3,(H,18,19)(H,20,21). The molecule has 1 aromatic carbocycles. The second-order valence-electron chi connectivity index (χ2n) is 4.36. The Morgan fingerprint density at radius 3 is 2.71 bits per heavy atom. The number of nitrogens with zero attached hydrogens (tertiary/aromatic N) is 1. The van der Waals surface area contributed by atoms with E-state index in [1.807, 2.05) is 0 Å². The molecular formula is C13H11BrF3N3O. The molecule has 1 unspecified atom stereocenters. The number of nitrogens with one attached hydrogen (secondary N) is 2. The molecular weight excluding hydrogens is 351 g/mol. The SMILES string of the molecule is CC(NC(=O)c1ccc(Br)cc1C(F)(F)F)c1ncc[nH]1. The van der Waals surface area contributed by atoms with Gasteiger partial charge in [0.25, 0.3) is 5.91 Å². The van der Waals surface area contributed by atoms with Gasteiger partial charge < -0.3 is 10.3 Å². The van der Waals surface area contributed by atoms with Crippen LogP contribution in [0.2, 0.25) is 0 Å². The third kappa shape index (κ3) is 3.63. The number of carbonyl (C=O) groups is 1. The van der Waals surface area contributed by atoms with Gasteiger partial charge in [-0.25, -0.2) is 4.98 Å². The zero-order valence-electron chi connectivity index (χ0n) is 10.8. The highest BCUT2D eigenvalue weighted by Crippen LogP contribution is 2.34. The van der Waals surface area contributed by atoms with Gasteiger partial charge in [0.1, 0.15) is 5.82 Å². The lowest BCUT2D eigenvalue weighted by molar-refractivity contribution is -0.138. The lowest BCUT2D eigenvalue weighted by atomic mass is 10.1. The molecule has 0 bridgehead atoms. The van der Waals surface area contributed by atoms with Gasteiger partial charge >= 0.3 is 6.18 Å². The van der Waals surface area contributed by atoms with Gasteiger partial charge in [-0.2, -0.15) is 13.2 Å². The fourth-order valence-electron chi connectivity index (χ4n) is 1.81. The van der Waals surface area contributed by atoms with Crippen LogP contribution in [0, 0.1) is 0 Å². The van der Waals surface area contributed by atoms with Gasteiger partial charge in [-0.3, -0.25) is 4.79 Å². The Balaban J connectivity index is 2.27. The summed E-state index contributed by atoms with van der Waals surface area (Å²) in [6.07, 6.45) is -1.54. The molecule has 0 saturated carbocycles. The molecule has 2 rings (SSSR count). The highest BCUT2D eigenvalue weighted by molar-refractivity contribution is 9.10. The normalized spacial score (nSPS) is 13.0. The molecule has 0 aliphatic rings. The maximum absolute atomic E-state index is 13.0. The average molecular weight is 362 g/mol. The van der Waals surface area contributed by atoms with Crippen molar-refractivity contribution in [2.75, 3.05) is 0 Å². The summed E-state index contributed by atoms with van der Waals surface area (Å²) in [5.74, 6) is -0.340. The Kier molecular flexibility index (Phi) is 4.36. The monoisotopic (exact) mass is 361 g/mol. The molecule has 0 saturated heterocycles. The Hall–Kier alpha value is -1.83. The number of aromatic nitrogens is 2. The number of hydrogen-bond acceptors (Lipinski definition) is 2. The van der Waals surface area contributed by atoms with Crippen molar-refractivity contribution in [2.45, 2.75) is 19.1 Å². The molecule has 4 nitrogen and oxygen atoms in total. The predicted molar refractivity (Wildman–Crippen MR) is 73.6 cm³/mol. The predicted octanol–water partition coefficient (Wildman–Crippen LogP) is 3.68. The van der Waals surface area contributed by atoms with Gasteiger partial charge in [0, 0.05) is 16.9 Å². The number of hydrogen-bond donors (Lipinski definition) is 2. The number of rotatable bonds is 3. The molecule has 1 aromatic heterocycles. The first kappa shape index (κ1) is 15.6. The Morgan fingerprint density at radius 1 is 1.43 bits per heavy atom. The van der Waals surface area contributed by atoms with Crippen molar-refractivity contribution in [1.29, 1.82) is 0 Å². The van der Waals surface area contributed by atoms with Crippen molar-refractivity contribution < 1.29 is 18.0 Å². The summed E-state index contributed by atoms with van der Waals surface area (Å²) in [5, 5.41) is 2.48.